The number of rotatable bonds is 3. The molecule has 5 heteroatoms. The van der Waals surface area contributed by atoms with E-state index >= 15 is 0 Å². The Labute approximate surface area is 137 Å². The maximum atomic E-state index is 13.8. The van der Waals surface area contributed by atoms with Crippen molar-refractivity contribution in [2.24, 2.45) is 0 Å². The van der Waals surface area contributed by atoms with E-state index in [1.165, 1.54) is 18.3 Å². The maximum Gasteiger partial charge on any atom is 0.166 e. The van der Waals surface area contributed by atoms with Crippen molar-refractivity contribution in [2.45, 2.75) is 0 Å². The third-order valence-electron chi connectivity index (χ3n) is 3.85. The number of H-pyrrole nitrogens is 1. The van der Waals surface area contributed by atoms with Crippen molar-refractivity contribution in [3.63, 3.8) is 0 Å². The largest absolute Gasteiger partial charge is 0.361 e. The molecule has 0 fully saturated rings. The van der Waals surface area contributed by atoms with E-state index in [1.807, 2.05) is 30.5 Å². The molecule has 0 bridgehead atoms. The number of pyridine rings is 1. The lowest BCUT2D eigenvalue weighted by Gasteiger charge is -2.08. The van der Waals surface area contributed by atoms with Gasteiger partial charge in [-0.15, -0.1) is 0 Å². The second-order valence-electron chi connectivity index (χ2n) is 5.44. The number of aromatic nitrogens is 2. The highest BCUT2D eigenvalue weighted by Gasteiger charge is 2.10. The number of fused-ring (bicyclic) bond motifs is 1. The van der Waals surface area contributed by atoms with E-state index in [2.05, 4.69) is 15.3 Å². The van der Waals surface area contributed by atoms with Gasteiger partial charge in [-0.05, 0) is 41.8 Å². The third-order valence-corrected chi connectivity index (χ3v) is 3.85. The minimum Gasteiger partial charge on any atom is -0.361 e. The summed E-state index contributed by atoms with van der Waals surface area (Å²) in [7, 11) is 0. The molecule has 0 saturated carbocycles. The number of halogens is 2. The lowest BCUT2D eigenvalue weighted by Crippen LogP contribution is -1.94. The van der Waals surface area contributed by atoms with Crippen molar-refractivity contribution in [1.82, 2.24) is 9.97 Å². The number of nitrogens with zero attached hydrogens (tertiary/aromatic N) is 1. The topological polar surface area (TPSA) is 40.7 Å². The van der Waals surface area contributed by atoms with Gasteiger partial charge in [0.25, 0.3) is 0 Å². The van der Waals surface area contributed by atoms with Crippen molar-refractivity contribution in [3.8, 4) is 11.1 Å². The fourth-order valence-corrected chi connectivity index (χ4v) is 2.63. The van der Waals surface area contributed by atoms with Gasteiger partial charge in [-0.1, -0.05) is 18.2 Å². The van der Waals surface area contributed by atoms with E-state index in [-0.39, 0.29) is 5.56 Å². The smallest absolute Gasteiger partial charge is 0.166 e. The van der Waals surface area contributed by atoms with E-state index in [0.29, 0.717) is 11.4 Å². The van der Waals surface area contributed by atoms with Crippen LogP contribution in [-0.4, -0.2) is 9.97 Å². The molecule has 2 aromatic carbocycles. The van der Waals surface area contributed by atoms with Crippen molar-refractivity contribution in [3.05, 3.63) is 78.6 Å². The predicted octanol–water partition coefficient (Wildman–Crippen LogP) is 5.25. The zero-order valence-corrected chi connectivity index (χ0v) is 12.6. The molecule has 0 atom stereocenters. The molecule has 4 rings (SSSR count). The number of nitrogens with one attached hydrogen (secondary N) is 2. The molecule has 118 valence electrons. The van der Waals surface area contributed by atoms with Gasteiger partial charge in [0, 0.05) is 34.7 Å². The number of anilines is 2. The Morgan fingerprint density at radius 3 is 2.71 bits per heavy atom. The molecule has 0 aliphatic heterocycles. The number of hydrogen-bond donors (Lipinski definition) is 2. The Kier molecular flexibility index (Phi) is 3.46. The molecule has 2 N–H and O–H groups in total. The molecular weight excluding hydrogens is 308 g/mol. The van der Waals surface area contributed by atoms with Crippen LogP contribution in [0.1, 0.15) is 0 Å². The fourth-order valence-electron chi connectivity index (χ4n) is 2.63. The summed E-state index contributed by atoms with van der Waals surface area (Å²) in [6.45, 7) is 0. The van der Waals surface area contributed by atoms with E-state index in [4.69, 9.17) is 0 Å². The van der Waals surface area contributed by atoms with Crippen LogP contribution < -0.4 is 5.32 Å². The molecule has 24 heavy (non-hydrogen) atoms. The molecule has 0 aliphatic rings. The van der Waals surface area contributed by atoms with Gasteiger partial charge in [0.05, 0.1) is 0 Å². The highest BCUT2D eigenvalue weighted by atomic mass is 19.2. The molecule has 2 heterocycles. The van der Waals surface area contributed by atoms with Crippen LogP contribution in [0.25, 0.3) is 22.0 Å². The summed E-state index contributed by atoms with van der Waals surface area (Å²) in [5, 5.41) is 4.32. The summed E-state index contributed by atoms with van der Waals surface area (Å²) in [6, 6.07) is 15.5. The Morgan fingerprint density at radius 1 is 0.958 bits per heavy atom. The molecule has 0 spiro atoms. The average molecular weight is 321 g/mol. The Hall–Kier alpha value is -3.21. The van der Waals surface area contributed by atoms with Gasteiger partial charge in [-0.3, -0.25) is 0 Å². The summed E-state index contributed by atoms with van der Waals surface area (Å²) in [5.41, 5.74) is 2.64. The van der Waals surface area contributed by atoms with Crippen LogP contribution in [0.15, 0.2) is 67.0 Å². The summed E-state index contributed by atoms with van der Waals surface area (Å²) >= 11 is 0. The first-order valence-corrected chi connectivity index (χ1v) is 7.45. The Bertz CT molecular complexity index is 1010. The minimum absolute atomic E-state index is 0.196. The van der Waals surface area contributed by atoms with Gasteiger partial charge in [0.1, 0.15) is 5.82 Å². The Morgan fingerprint density at radius 2 is 1.88 bits per heavy atom. The minimum atomic E-state index is -0.867. The molecular formula is C19H13F2N3. The van der Waals surface area contributed by atoms with Gasteiger partial charge in [0.15, 0.2) is 11.6 Å². The number of hydrogen-bond acceptors (Lipinski definition) is 2. The number of aromatic amines is 1. The van der Waals surface area contributed by atoms with Crippen LogP contribution in [0.4, 0.5) is 20.3 Å². The summed E-state index contributed by atoms with van der Waals surface area (Å²) in [6.07, 6.45) is 3.41. The molecule has 0 unspecified atom stereocenters. The monoisotopic (exact) mass is 321 g/mol. The van der Waals surface area contributed by atoms with E-state index < -0.39 is 11.6 Å². The lowest BCUT2D eigenvalue weighted by molar-refractivity contribution is 0.511. The quantitative estimate of drug-likeness (QED) is 0.541. The first-order valence-electron chi connectivity index (χ1n) is 7.45. The Balaban J connectivity index is 1.60. The van der Waals surface area contributed by atoms with Gasteiger partial charge < -0.3 is 10.3 Å². The fraction of sp³-hybridized carbons (Fsp3) is 0. The van der Waals surface area contributed by atoms with Crippen LogP contribution in [0.3, 0.4) is 0 Å². The molecule has 3 nitrogen and oxygen atoms in total. The van der Waals surface area contributed by atoms with E-state index in [0.717, 1.165) is 22.7 Å². The average Bonchev–Trinajstić information content (AvgIpc) is 3.06. The normalized spacial score (nSPS) is 10.9. The zero-order valence-electron chi connectivity index (χ0n) is 12.6. The van der Waals surface area contributed by atoms with Crippen LogP contribution in [-0.2, 0) is 0 Å². The van der Waals surface area contributed by atoms with Crippen molar-refractivity contribution in [1.29, 1.82) is 0 Å². The second kappa shape index (κ2) is 5.77. The van der Waals surface area contributed by atoms with E-state index in [1.54, 1.807) is 12.1 Å². The SMILES string of the molecule is Fc1cccc(-c2ccc(Nc3ccc4cc[nH]c4c3)nc2)c1F. The maximum absolute atomic E-state index is 13.8. The first kappa shape index (κ1) is 14.4. The van der Waals surface area contributed by atoms with Gasteiger partial charge in [0.2, 0.25) is 0 Å². The van der Waals surface area contributed by atoms with Crippen molar-refractivity contribution >= 4 is 22.4 Å². The van der Waals surface area contributed by atoms with E-state index in [9.17, 15) is 8.78 Å². The molecule has 4 aromatic rings. The van der Waals surface area contributed by atoms with Crippen LogP contribution in [0, 0.1) is 11.6 Å². The van der Waals surface area contributed by atoms with Crippen LogP contribution in [0.2, 0.25) is 0 Å². The standard InChI is InChI=1S/C19H13F2N3/c20-16-3-1-2-15(19(16)21)13-5-7-18(23-11-13)24-14-6-4-12-8-9-22-17(12)10-14/h1-11,22H,(H,23,24). The molecule has 0 aliphatic carbocycles. The van der Waals surface area contributed by atoms with Gasteiger partial charge in [-0.2, -0.15) is 0 Å². The molecule has 2 aromatic heterocycles. The summed E-state index contributed by atoms with van der Waals surface area (Å²) in [5.74, 6) is -1.10. The molecule has 0 saturated heterocycles. The highest BCUT2D eigenvalue weighted by molar-refractivity contribution is 5.83. The molecule has 0 radical (unpaired) electrons. The van der Waals surface area contributed by atoms with Crippen molar-refractivity contribution in [2.75, 3.05) is 5.32 Å². The van der Waals surface area contributed by atoms with Crippen molar-refractivity contribution < 1.29 is 8.78 Å². The highest BCUT2D eigenvalue weighted by Crippen LogP contribution is 2.26. The van der Waals surface area contributed by atoms with Crippen LogP contribution in [0.5, 0.6) is 0 Å². The lowest BCUT2D eigenvalue weighted by atomic mass is 10.1. The molecule has 0 amide bonds. The zero-order chi connectivity index (χ0) is 16.5. The third kappa shape index (κ3) is 2.60. The van der Waals surface area contributed by atoms with Gasteiger partial charge in [-0.25, -0.2) is 13.8 Å². The second-order valence-corrected chi connectivity index (χ2v) is 5.44. The number of benzene rings is 2. The van der Waals surface area contributed by atoms with Gasteiger partial charge >= 0.3 is 0 Å². The predicted molar refractivity (Wildman–Crippen MR) is 91.2 cm³/mol. The summed E-state index contributed by atoms with van der Waals surface area (Å²) < 4.78 is 27.2. The van der Waals surface area contributed by atoms with Crippen LogP contribution >= 0.6 is 0 Å². The summed E-state index contributed by atoms with van der Waals surface area (Å²) in [4.78, 5) is 7.43. The first-order chi connectivity index (χ1) is 11.7.